The number of carbonyl (C=O) groups is 1. The van der Waals surface area contributed by atoms with Gasteiger partial charge in [-0.1, -0.05) is 75.4 Å². The highest BCUT2D eigenvalue weighted by Crippen LogP contribution is 2.66. The summed E-state index contributed by atoms with van der Waals surface area (Å²) >= 11 is 0. The Kier molecular flexibility index (Phi) is 12.7. The second-order valence-corrected chi connectivity index (χ2v) is 12.1. The standard InChI is InChI=1S/C33H42F2NO5P/c1-5-8-9-10-11-12-24-39-31-22-20-27(21-23-31)26-16-18-28(19-17-26)32(37)36(4)30-15-13-14-29(25-30)33(34,35)42(38,40-6-2)41-7-3/h13-23,25H,5-12,24H2,1-4H3. The van der Waals surface area contributed by atoms with E-state index in [4.69, 9.17) is 13.8 Å². The Bertz CT molecular complexity index is 1300. The molecule has 3 rings (SSSR count). The minimum absolute atomic E-state index is 0.196. The van der Waals surface area contributed by atoms with Gasteiger partial charge in [0.15, 0.2) is 0 Å². The van der Waals surface area contributed by atoms with E-state index >= 15 is 8.78 Å². The SMILES string of the molecule is CCCCCCCCOc1ccc(-c2ccc(C(=O)N(C)c3cccc(C(F)(F)P(=O)(OCC)OCC)c3)cc2)cc1. The van der Waals surface area contributed by atoms with Crippen molar-refractivity contribution < 1.29 is 31.9 Å². The molecule has 0 aromatic heterocycles. The monoisotopic (exact) mass is 601 g/mol. The van der Waals surface area contributed by atoms with Gasteiger partial charge in [0.05, 0.1) is 19.8 Å². The van der Waals surface area contributed by atoms with Gasteiger partial charge in [-0.05, 0) is 67.8 Å². The highest BCUT2D eigenvalue weighted by Gasteiger charge is 2.54. The molecule has 0 aliphatic rings. The zero-order valence-corrected chi connectivity index (χ0v) is 25.9. The molecule has 6 nitrogen and oxygen atoms in total. The second-order valence-electron chi connectivity index (χ2n) is 10.0. The number of unbranched alkanes of at least 4 members (excludes halogenated alkanes) is 5. The van der Waals surface area contributed by atoms with Gasteiger partial charge in [-0.15, -0.1) is 0 Å². The van der Waals surface area contributed by atoms with Crippen LogP contribution < -0.4 is 9.64 Å². The van der Waals surface area contributed by atoms with Crippen molar-refractivity contribution in [3.63, 3.8) is 0 Å². The summed E-state index contributed by atoms with van der Waals surface area (Å²) < 4.78 is 59.1. The maximum atomic E-state index is 15.3. The first-order chi connectivity index (χ1) is 20.2. The summed E-state index contributed by atoms with van der Waals surface area (Å²) in [7, 11) is -3.27. The summed E-state index contributed by atoms with van der Waals surface area (Å²) in [6, 6.07) is 20.1. The van der Waals surface area contributed by atoms with Gasteiger partial charge in [0.1, 0.15) is 5.75 Å². The first-order valence-electron chi connectivity index (χ1n) is 14.7. The van der Waals surface area contributed by atoms with Crippen LogP contribution in [0.15, 0.2) is 72.8 Å². The van der Waals surface area contributed by atoms with Crippen LogP contribution in [0.4, 0.5) is 14.5 Å². The zero-order chi connectivity index (χ0) is 30.6. The fourth-order valence-corrected chi connectivity index (χ4v) is 6.07. The predicted molar refractivity (Wildman–Crippen MR) is 165 cm³/mol. The third-order valence-electron chi connectivity index (χ3n) is 6.91. The van der Waals surface area contributed by atoms with Crippen LogP contribution in [0.1, 0.15) is 75.2 Å². The number of carbonyl (C=O) groups excluding carboxylic acids is 1. The van der Waals surface area contributed by atoms with Gasteiger partial charge in [0, 0.05) is 23.9 Å². The van der Waals surface area contributed by atoms with E-state index in [1.54, 1.807) is 12.1 Å². The number of halogens is 2. The highest BCUT2D eigenvalue weighted by atomic mass is 31.2. The Labute approximate surface area is 248 Å². The topological polar surface area (TPSA) is 65.1 Å². The van der Waals surface area contributed by atoms with E-state index in [9.17, 15) is 9.36 Å². The Hall–Kier alpha value is -3.06. The summed E-state index contributed by atoms with van der Waals surface area (Å²) in [5.41, 5.74) is -1.92. The first-order valence-corrected chi connectivity index (χ1v) is 16.2. The van der Waals surface area contributed by atoms with Crippen LogP contribution >= 0.6 is 7.60 Å². The van der Waals surface area contributed by atoms with Gasteiger partial charge in [0.25, 0.3) is 5.91 Å². The van der Waals surface area contributed by atoms with Crippen molar-refractivity contribution >= 4 is 19.2 Å². The van der Waals surface area contributed by atoms with E-state index < -0.39 is 18.8 Å². The van der Waals surface area contributed by atoms with Crippen LogP contribution in [0.3, 0.4) is 0 Å². The fraction of sp³-hybridized carbons (Fsp3) is 0.424. The zero-order valence-electron chi connectivity index (χ0n) is 25.0. The minimum Gasteiger partial charge on any atom is -0.494 e. The van der Waals surface area contributed by atoms with E-state index in [2.05, 4.69) is 6.92 Å². The van der Waals surface area contributed by atoms with E-state index in [1.807, 2.05) is 36.4 Å². The van der Waals surface area contributed by atoms with Gasteiger partial charge in [0.2, 0.25) is 0 Å². The van der Waals surface area contributed by atoms with Crippen LogP contribution in [0.2, 0.25) is 0 Å². The van der Waals surface area contributed by atoms with Crippen LogP contribution in [0.5, 0.6) is 5.75 Å². The summed E-state index contributed by atoms with van der Waals surface area (Å²) in [6.45, 7) is 5.46. The molecule has 0 aliphatic heterocycles. The summed E-state index contributed by atoms with van der Waals surface area (Å²) in [5.74, 6) is 0.450. The predicted octanol–water partition coefficient (Wildman–Crippen LogP) is 9.68. The highest BCUT2D eigenvalue weighted by molar-refractivity contribution is 7.54. The van der Waals surface area contributed by atoms with Crippen molar-refractivity contribution in [3.05, 3.63) is 83.9 Å². The van der Waals surface area contributed by atoms with Crippen LogP contribution in [-0.2, 0) is 19.3 Å². The molecule has 0 saturated heterocycles. The van der Waals surface area contributed by atoms with Crippen molar-refractivity contribution in [2.24, 2.45) is 0 Å². The van der Waals surface area contributed by atoms with E-state index in [1.165, 1.54) is 70.0 Å². The van der Waals surface area contributed by atoms with Crippen molar-refractivity contribution in [3.8, 4) is 16.9 Å². The molecular formula is C33H42F2NO5P. The molecule has 228 valence electrons. The third kappa shape index (κ3) is 8.50. The van der Waals surface area contributed by atoms with Crippen molar-refractivity contribution in [2.45, 2.75) is 65.0 Å². The molecule has 0 saturated carbocycles. The van der Waals surface area contributed by atoms with Crippen molar-refractivity contribution in [1.29, 1.82) is 0 Å². The average Bonchev–Trinajstić information content (AvgIpc) is 3.00. The van der Waals surface area contributed by atoms with Crippen LogP contribution in [0.25, 0.3) is 11.1 Å². The molecule has 0 atom stereocenters. The Morgan fingerprint density at radius 3 is 1.98 bits per heavy atom. The quantitative estimate of drug-likeness (QED) is 0.114. The number of hydrogen-bond donors (Lipinski definition) is 0. The Morgan fingerprint density at radius 2 is 1.38 bits per heavy atom. The van der Waals surface area contributed by atoms with E-state index in [0.717, 1.165) is 35.4 Å². The molecule has 0 spiro atoms. The maximum Gasteiger partial charge on any atom is 0.404 e. The number of benzene rings is 3. The maximum absolute atomic E-state index is 15.3. The smallest absolute Gasteiger partial charge is 0.404 e. The molecule has 3 aromatic rings. The van der Waals surface area contributed by atoms with Gasteiger partial charge in [-0.25, -0.2) is 0 Å². The lowest BCUT2D eigenvalue weighted by molar-refractivity contribution is 0.0361. The molecule has 3 aromatic carbocycles. The number of alkyl halides is 2. The lowest BCUT2D eigenvalue weighted by Crippen LogP contribution is -2.27. The number of nitrogens with zero attached hydrogens (tertiary/aromatic N) is 1. The lowest BCUT2D eigenvalue weighted by Gasteiger charge is -2.27. The Morgan fingerprint density at radius 1 is 0.810 bits per heavy atom. The van der Waals surface area contributed by atoms with Gasteiger partial charge in [-0.2, -0.15) is 8.78 Å². The molecule has 1 amide bonds. The number of amides is 1. The lowest BCUT2D eigenvalue weighted by atomic mass is 10.0. The Balaban J connectivity index is 1.65. The average molecular weight is 602 g/mol. The van der Waals surface area contributed by atoms with Crippen molar-refractivity contribution in [1.82, 2.24) is 0 Å². The first kappa shape index (κ1) is 33.4. The van der Waals surface area contributed by atoms with Crippen LogP contribution in [-0.4, -0.2) is 32.8 Å². The molecular weight excluding hydrogens is 559 g/mol. The number of hydrogen-bond acceptors (Lipinski definition) is 5. The number of ether oxygens (including phenoxy) is 1. The summed E-state index contributed by atoms with van der Waals surface area (Å²) in [6.07, 6.45) is 7.29. The summed E-state index contributed by atoms with van der Waals surface area (Å²) in [4.78, 5) is 14.5. The third-order valence-corrected chi connectivity index (χ3v) is 9.06. The van der Waals surface area contributed by atoms with Gasteiger partial charge < -0.3 is 18.7 Å². The molecule has 0 unspecified atom stereocenters. The van der Waals surface area contributed by atoms with Crippen molar-refractivity contribution in [2.75, 3.05) is 31.8 Å². The molecule has 9 heteroatoms. The molecule has 42 heavy (non-hydrogen) atoms. The molecule has 0 heterocycles. The van der Waals surface area contributed by atoms with E-state index in [0.29, 0.717) is 12.2 Å². The van der Waals surface area contributed by atoms with Crippen LogP contribution in [0, 0.1) is 0 Å². The molecule has 0 aliphatic carbocycles. The normalized spacial score (nSPS) is 11.9. The van der Waals surface area contributed by atoms with Gasteiger partial charge >= 0.3 is 13.3 Å². The minimum atomic E-state index is -4.77. The summed E-state index contributed by atoms with van der Waals surface area (Å²) in [5, 5.41) is 0. The van der Waals surface area contributed by atoms with E-state index in [-0.39, 0.29) is 24.8 Å². The largest absolute Gasteiger partial charge is 0.494 e. The van der Waals surface area contributed by atoms with Gasteiger partial charge in [-0.3, -0.25) is 9.36 Å². The number of rotatable bonds is 17. The molecule has 0 radical (unpaired) electrons. The molecule has 0 N–H and O–H groups in total. The molecule has 0 bridgehead atoms. The number of anilines is 1. The molecule has 0 fully saturated rings. The fourth-order valence-electron chi connectivity index (χ4n) is 4.53. The second kappa shape index (κ2) is 16.0.